The summed E-state index contributed by atoms with van der Waals surface area (Å²) in [5.74, 6) is -1.96. The number of allylic oxidation sites excluding steroid dienone is 1. The number of amides is 1. The first kappa shape index (κ1) is 26.0. The lowest BCUT2D eigenvalue weighted by atomic mass is 9.86. The van der Waals surface area contributed by atoms with Crippen molar-refractivity contribution in [2.45, 2.75) is 33.1 Å². The second-order valence-corrected chi connectivity index (χ2v) is 9.25. The summed E-state index contributed by atoms with van der Waals surface area (Å²) in [6.45, 7) is 7.85. The molecule has 9 heteroatoms. The number of nitrogens with zero attached hydrogens (tertiary/aromatic N) is 1. The molecule has 0 saturated heterocycles. The Morgan fingerprint density at radius 3 is 2.12 bits per heavy atom. The zero-order chi connectivity index (χ0) is 24.9. The van der Waals surface area contributed by atoms with Gasteiger partial charge in [-0.1, -0.05) is 32.9 Å². The molecule has 0 atom stereocenters. The van der Waals surface area contributed by atoms with Gasteiger partial charge in [-0.2, -0.15) is 5.10 Å². The van der Waals surface area contributed by atoms with Gasteiger partial charge in [0, 0.05) is 15.6 Å². The highest BCUT2D eigenvalue weighted by Gasteiger charge is 2.20. The molecule has 0 aliphatic carbocycles. The predicted molar refractivity (Wildman–Crippen MR) is 132 cm³/mol. The number of carboxylic acids is 1. The monoisotopic (exact) mass is 515 g/mol. The van der Waals surface area contributed by atoms with Crippen LogP contribution in [0.4, 0.5) is 0 Å². The van der Waals surface area contributed by atoms with E-state index in [1.807, 2.05) is 24.3 Å². The molecule has 0 aliphatic rings. The number of carboxylic acid groups (broad SMARTS) is 1. The average molecular weight is 516 g/mol. The molecule has 0 bridgehead atoms. The summed E-state index contributed by atoms with van der Waals surface area (Å²) in [5, 5.41) is 33.7. The van der Waals surface area contributed by atoms with Crippen molar-refractivity contribution in [3.05, 3.63) is 75.0 Å². The van der Waals surface area contributed by atoms with Gasteiger partial charge in [-0.05, 0) is 64.2 Å². The van der Waals surface area contributed by atoms with Gasteiger partial charge in [-0.25, -0.2) is 10.2 Å². The maximum Gasteiger partial charge on any atom is 0.336 e. The predicted octanol–water partition coefficient (Wildman–Crippen LogP) is 3.69. The molecule has 0 fully saturated rings. The molecular formula is C24H28BrN4O4+. The molecule has 0 saturated carbocycles. The van der Waals surface area contributed by atoms with Crippen molar-refractivity contribution < 1.29 is 25.1 Å². The van der Waals surface area contributed by atoms with Gasteiger partial charge >= 0.3 is 5.97 Å². The zero-order valence-electron chi connectivity index (χ0n) is 19.2. The molecule has 0 heterocycles. The molecule has 2 aromatic rings. The van der Waals surface area contributed by atoms with Crippen LogP contribution in [0.5, 0.6) is 0 Å². The van der Waals surface area contributed by atoms with Gasteiger partial charge in [0.15, 0.2) is 5.70 Å². The Labute approximate surface area is 201 Å². The molecule has 174 valence electrons. The summed E-state index contributed by atoms with van der Waals surface area (Å²) in [6, 6.07) is 11.8. The van der Waals surface area contributed by atoms with Gasteiger partial charge in [-0.15, -0.1) is 0 Å². The van der Waals surface area contributed by atoms with Crippen LogP contribution in [0.1, 0.15) is 59.5 Å². The van der Waals surface area contributed by atoms with Crippen LogP contribution in [0, 0.1) is 5.41 Å². The quantitative estimate of drug-likeness (QED) is 0.218. The summed E-state index contributed by atoms with van der Waals surface area (Å²) < 4.78 is 0.261. The molecular weight excluding hydrogens is 488 g/mol. The second kappa shape index (κ2) is 10.5. The molecule has 8 nitrogen and oxygen atoms in total. The summed E-state index contributed by atoms with van der Waals surface area (Å²) in [4.78, 5) is 23.5. The van der Waals surface area contributed by atoms with Gasteiger partial charge in [-0.3, -0.25) is 10.2 Å². The number of halogens is 1. The topological polar surface area (TPSA) is 139 Å². The van der Waals surface area contributed by atoms with E-state index >= 15 is 0 Å². The number of rotatable bonds is 7. The summed E-state index contributed by atoms with van der Waals surface area (Å²) in [7, 11) is 1.77. The largest absolute Gasteiger partial charge is 0.501 e. The number of hydrogen-bond donors (Lipinski definition) is 5. The van der Waals surface area contributed by atoms with Crippen LogP contribution in [0.15, 0.2) is 57.8 Å². The highest BCUT2D eigenvalue weighted by atomic mass is 79.9. The third kappa shape index (κ3) is 6.36. The van der Waals surface area contributed by atoms with Crippen molar-refractivity contribution >= 4 is 44.9 Å². The third-order valence-corrected chi connectivity index (χ3v) is 5.65. The molecule has 0 aliphatic heterocycles. The number of nitrogens with one attached hydrogen (secondary N) is 2. The number of carbonyl (C=O) groups is 2. The smallest absolute Gasteiger partial charge is 0.336 e. The number of nitrogens with two attached hydrogens (primary N) is 1. The normalized spacial score (nSPS) is 12.7. The third-order valence-electron chi connectivity index (χ3n) is 4.99. The van der Waals surface area contributed by atoms with Crippen molar-refractivity contribution in [2.24, 2.45) is 5.10 Å². The lowest BCUT2D eigenvalue weighted by Crippen LogP contribution is -2.76. The molecule has 0 aromatic heterocycles. The SMILES string of the molecule is C[NH2+]/C(=C(/O)C(=N)/C(C)=N/NC(=O)c1ccc(C(=O)O)c(Br)c1)c1ccc(C(C)(C)C)cc1. The minimum atomic E-state index is -1.12. The Morgan fingerprint density at radius 1 is 1.06 bits per heavy atom. The fourth-order valence-corrected chi connectivity index (χ4v) is 3.53. The highest BCUT2D eigenvalue weighted by Crippen LogP contribution is 2.24. The van der Waals surface area contributed by atoms with Crippen LogP contribution in [0.25, 0.3) is 5.70 Å². The number of quaternary nitrogens is 1. The number of aliphatic hydroxyl groups excluding tert-OH is 1. The fraction of sp³-hybridized carbons (Fsp3) is 0.250. The van der Waals surface area contributed by atoms with E-state index in [0.717, 1.165) is 11.1 Å². The molecule has 0 spiro atoms. The molecule has 2 aromatic carbocycles. The minimum Gasteiger partial charge on any atom is -0.501 e. The molecule has 6 N–H and O–H groups in total. The van der Waals surface area contributed by atoms with E-state index in [9.17, 15) is 14.7 Å². The standard InChI is InChI=1S/C24H27BrN4O4/c1-13(28-29-22(31)15-8-11-17(23(32)33)18(25)12-15)19(26)21(30)20(27-5)14-6-9-16(10-7-14)24(2,3)4/h6-12,26-27,30H,1-5H3,(H,29,31)(H,32,33)/p+1/b21-20+,26-19?,28-13+. The Kier molecular flexibility index (Phi) is 8.29. The molecule has 0 radical (unpaired) electrons. The molecule has 0 unspecified atom stereocenters. The van der Waals surface area contributed by atoms with E-state index in [0.29, 0.717) is 5.70 Å². The average Bonchev–Trinajstić information content (AvgIpc) is 2.76. The van der Waals surface area contributed by atoms with E-state index in [-0.39, 0.29) is 38.2 Å². The summed E-state index contributed by atoms with van der Waals surface area (Å²) >= 11 is 3.13. The highest BCUT2D eigenvalue weighted by molar-refractivity contribution is 9.10. The Hall–Kier alpha value is -3.30. The number of benzene rings is 2. The van der Waals surface area contributed by atoms with Gasteiger partial charge in [0.2, 0.25) is 5.76 Å². The van der Waals surface area contributed by atoms with E-state index in [4.69, 9.17) is 10.5 Å². The Morgan fingerprint density at radius 2 is 1.64 bits per heavy atom. The minimum absolute atomic E-state index is 0.00191. The number of hydrazone groups is 1. The maximum absolute atomic E-state index is 12.4. The van der Waals surface area contributed by atoms with Crippen LogP contribution < -0.4 is 10.7 Å². The Bertz CT molecular complexity index is 1150. The lowest BCUT2D eigenvalue weighted by molar-refractivity contribution is -0.531. The first-order valence-corrected chi connectivity index (χ1v) is 11.0. The zero-order valence-corrected chi connectivity index (χ0v) is 20.7. The molecule has 1 amide bonds. The molecule has 2 rings (SSSR count). The van der Waals surface area contributed by atoms with Crippen LogP contribution in [-0.4, -0.2) is 40.6 Å². The van der Waals surface area contributed by atoms with Gasteiger partial charge < -0.3 is 15.5 Å². The van der Waals surface area contributed by atoms with Gasteiger partial charge in [0.25, 0.3) is 5.91 Å². The van der Waals surface area contributed by atoms with Crippen molar-refractivity contribution in [1.29, 1.82) is 5.41 Å². The number of carbonyl (C=O) groups excluding carboxylic acids is 1. The molecule has 33 heavy (non-hydrogen) atoms. The van der Waals surface area contributed by atoms with Gasteiger partial charge in [0.1, 0.15) is 5.71 Å². The van der Waals surface area contributed by atoms with Crippen molar-refractivity contribution in [3.8, 4) is 0 Å². The number of aliphatic hydroxyl groups is 1. The second-order valence-electron chi connectivity index (χ2n) is 8.39. The van der Waals surface area contributed by atoms with Gasteiger partial charge in [0.05, 0.1) is 18.3 Å². The number of hydrogen-bond acceptors (Lipinski definition) is 5. The van der Waals surface area contributed by atoms with E-state index in [1.165, 1.54) is 25.1 Å². The summed E-state index contributed by atoms with van der Waals surface area (Å²) in [5.41, 5.74) is 4.81. The van der Waals surface area contributed by atoms with Crippen molar-refractivity contribution in [1.82, 2.24) is 5.43 Å². The van der Waals surface area contributed by atoms with Crippen LogP contribution in [0.2, 0.25) is 0 Å². The first-order chi connectivity index (χ1) is 15.4. The number of aromatic carboxylic acids is 1. The van der Waals surface area contributed by atoms with E-state index < -0.39 is 11.9 Å². The van der Waals surface area contributed by atoms with Crippen molar-refractivity contribution in [2.75, 3.05) is 7.05 Å². The van der Waals surface area contributed by atoms with E-state index in [2.05, 4.69) is 47.2 Å². The van der Waals surface area contributed by atoms with Crippen LogP contribution in [0.3, 0.4) is 0 Å². The van der Waals surface area contributed by atoms with E-state index in [1.54, 1.807) is 12.4 Å². The Balaban J connectivity index is 2.22. The summed E-state index contributed by atoms with van der Waals surface area (Å²) in [6.07, 6.45) is 0. The maximum atomic E-state index is 12.4. The fourth-order valence-electron chi connectivity index (χ4n) is 2.98. The van der Waals surface area contributed by atoms with Crippen LogP contribution >= 0.6 is 15.9 Å². The van der Waals surface area contributed by atoms with Crippen LogP contribution in [-0.2, 0) is 5.41 Å². The lowest BCUT2D eigenvalue weighted by Gasteiger charge is -2.19. The first-order valence-electron chi connectivity index (χ1n) is 10.2. The van der Waals surface area contributed by atoms with Crippen molar-refractivity contribution in [3.63, 3.8) is 0 Å².